The molecule has 1 aliphatic heterocycles. The second kappa shape index (κ2) is 5.60. The average Bonchev–Trinajstić information content (AvgIpc) is 2.37. The second-order valence-corrected chi connectivity index (χ2v) is 6.83. The van der Waals surface area contributed by atoms with Crippen LogP contribution < -0.4 is 4.90 Å². The number of piperazine rings is 1. The second-order valence-electron chi connectivity index (χ2n) is 4.58. The highest BCUT2D eigenvalue weighted by Crippen LogP contribution is 2.15. The molecule has 1 aromatic rings. The molecule has 0 amide bonds. The predicted octanol–water partition coefficient (Wildman–Crippen LogP) is 0.605. The Morgan fingerprint density at radius 2 is 1.89 bits per heavy atom. The minimum atomic E-state index is -3.11. The van der Waals surface area contributed by atoms with Crippen molar-refractivity contribution in [1.82, 2.24) is 14.3 Å². The zero-order chi connectivity index (χ0) is 14.0. The highest BCUT2D eigenvalue weighted by Gasteiger charge is 2.24. The van der Waals surface area contributed by atoms with Crippen LogP contribution in [-0.2, 0) is 15.9 Å². The largest absolute Gasteiger partial charge is 0.338 e. The molecule has 0 saturated carbocycles. The number of sulfonamides is 1. The van der Waals surface area contributed by atoms with E-state index in [2.05, 4.69) is 9.97 Å². The zero-order valence-corrected chi connectivity index (χ0v) is 12.6. The summed E-state index contributed by atoms with van der Waals surface area (Å²) in [5.41, 5.74) is 1.65. The van der Waals surface area contributed by atoms with Crippen LogP contribution in [0.4, 0.5) is 5.95 Å². The van der Waals surface area contributed by atoms with Gasteiger partial charge in [-0.3, -0.25) is 0 Å². The number of aryl methyl sites for hydroxylation is 1. The van der Waals surface area contributed by atoms with Crippen molar-refractivity contribution >= 4 is 27.6 Å². The van der Waals surface area contributed by atoms with Gasteiger partial charge in [-0.25, -0.2) is 18.4 Å². The molecule has 6 nitrogen and oxygen atoms in total. The maximum atomic E-state index is 11.4. The summed E-state index contributed by atoms with van der Waals surface area (Å²) in [6, 6.07) is 1.85. The molecule has 1 saturated heterocycles. The van der Waals surface area contributed by atoms with Gasteiger partial charge in [0.2, 0.25) is 16.0 Å². The fourth-order valence-electron chi connectivity index (χ4n) is 2.05. The normalized spacial score (nSPS) is 17.7. The maximum Gasteiger partial charge on any atom is 0.225 e. The van der Waals surface area contributed by atoms with E-state index in [1.54, 1.807) is 0 Å². The summed E-state index contributed by atoms with van der Waals surface area (Å²) < 4.78 is 24.4. The van der Waals surface area contributed by atoms with E-state index in [0.29, 0.717) is 38.0 Å². The summed E-state index contributed by atoms with van der Waals surface area (Å²) in [5, 5.41) is 0. The number of aromatic nitrogens is 2. The molecule has 106 valence electrons. The number of halogens is 1. The summed E-state index contributed by atoms with van der Waals surface area (Å²) in [5.74, 6) is 0.975. The van der Waals surface area contributed by atoms with Crippen molar-refractivity contribution in [2.24, 2.45) is 0 Å². The van der Waals surface area contributed by atoms with E-state index in [4.69, 9.17) is 11.6 Å². The molecule has 0 bridgehead atoms. The third-order valence-corrected chi connectivity index (χ3v) is 4.60. The smallest absolute Gasteiger partial charge is 0.225 e. The number of anilines is 1. The van der Waals surface area contributed by atoms with Crippen LogP contribution in [0.25, 0.3) is 0 Å². The Balaban J connectivity index is 2.11. The van der Waals surface area contributed by atoms with Crippen molar-refractivity contribution in [3.05, 3.63) is 17.5 Å². The molecule has 8 heteroatoms. The van der Waals surface area contributed by atoms with Gasteiger partial charge in [0.15, 0.2) is 0 Å². The molecule has 2 heterocycles. The molecule has 1 fully saturated rings. The molecule has 2 rings (SSSR count). The first-order valence-electron chi connectivity index (χ1n) is 6.01. The molecule has 19 heavy (non-hydrogen) atoms. The Bertz CT molecular complexity index is 556. The molecule has 0 aliphatic carbocycles. The summed E-state index contributed by atoms with van der Waals surface area (Å²) in [4.78, 5) is 10.7. The SMILES string of the molecule is Cc1cc(CCl)nc(N2CCN(S(C)(=O)=O)CC2)n1. The maximum absolute atomic E-state index is 11.4. The highest BCUT2D eigenvalue weighted by atomic mass is 35.5. The topological polar surface area (TPSA) is 66.4 Å². The van der Waals surface area contributed by atoms with Crippen LogP contribution in [0.1, 0.15) is 11.4 Å². The third kappa shape index (κ3) is 3.55. The Hall–Kier alpha value is -0.920. The van der Waals surface area contributed by atoms with E-state index < -0.39 is 10.0 Å². The van der Waals surface area contributed by atoms with E-state index in [-0.39, 0.29) is 0 Å². The van der Waals surface area contributed by atoms with Crippen LogP contribution in [0.15, 0.2) is 6.07 Å². The first-order valence-corrected chi connectivity index (χ1v) is 8.39. The van der Waals surface area contributed by atoms with E-state index in [1.807, 2.05) is 17.9 Å². The van der Waals surface area contributed by atoms with E-state index in [0.717, 1.165) is 11.4 Å². The van der Waals surface area contributed by atoms with E-state index >= 15 is 0 Å². The van der Waals surface area contributed by atoms with Crippen molar-refractivity contribution in [3.8, 4) is 0 Å². The van der Waals surface area contributed by atoms with Gasteiger partial charge in [-0.1, -0.05) is 0 Å². The van der Waals surface area contributed by atoms with Gasteiger partial charge in [0, 0.05) is 31.9 Å². The number of hydrogen-bond acceptors (Lipinski definition) is 5. The molecule has 0 atom stereocenters. The van der Waals surface area contributed by atoms with E-state index in [9.17, 15) is 8.42 Å². The van der Waals surface area contributed by atoms with Crippen molar-refractivity contribution in [3.63, 3.8) is 0 Å². The molecular formula is C11H17ClN4O2S. The molecule has 0 aromatic carbocycles. The third-order valence-electron chi connectivity index (χ3n) is 3.02. The number of rotatable bonds is 3. The predicted molar refractivity (Wildman–Crippen MR) is 75.0 cm³/mol. The average molecular weight is 305 g/mol. The lowest BCUT2D eigenvalue weighted by Crippen LogP contribution is -2.48. The molecule has 0 radical (unpaired) electrons. The van der Waals surface area contributed by atoms with Gasteiger partial charge in [-0.15, -0.1) is 11.6 Å². The van der Waals surface area contributed by atoms with E-state index in [1.165, 1.54) is 10.6 Å². The molecule has 0 unspecified atom stereocenters. The first kappa shape index (κ1) is 14.5. The summed E-state index contributed by atoms with van der Waals surface area (Å²) in [6.45, 7) is 4.02. The summed E-state index contributed by atoms with van der Waals surface area (Å²) in [7, 11) is -3.11. The summed E-state index contributed by atoms with van der Waals surface area (Å²) >= 11 is 5.80. The van der Waals surface area contributed by atoms with Crippen LogP contribution in [0.5, 0.6) is 0 Å². The van der Waals surface area contributed by atoms with Gasteiger partial charge >= 0.3 is 0 Å². The highest BCUT2D eigenvalue weighted by molar-refractivity contribution is 7.88. The van der Waals surface area contributed by atoms with Crippen LogP contribution in [-0.4, -0.2) is 55.1 Å². The van der Waals surface area contributed by atoms with Crippen molar-refractivity contribution in [1.29, 1.82) is 0 Å². The van der Waals surface area contributed by atoms with Gasteiger partial charge in [-0.05, 0) is 13.0 Å². The van der Waals surface area contributed by atoms with Crippen molar-refractivity contribution in [2.45, 2.75) is 12.8 Å². The van der Waals surface area contributed by atoms with Crippen molar-refractivity contribution < 1.29 is 8.42 Å². The number of alkyl halides is 1. The monoisotopic (exact) mass is 304 g/mol. The number of hydrogen-bond donors (Lipinski definition) is 0. The Kier molecular flexibility index (Phi) is 4.27. The molecule has 1 aliphatic rings. The Morgan fingerprint density at radius 3 is 2.42 bits per heavy atom. The van der Waals surface area contributed by atoms with Crippen LogP contribution in [0.3, 0.4) is 0 Å². The fraction of sp³-hybridized carbons (Fsp3) is 0.636. The fourth-order valence-corrected chi connectivity index (χ4v) is 3.01. The van der Waals surface area contributed by atoms with Gasteiger partial charge in [-0.2, -0.15) is 4.31 Å². The van der Waals surface area contributed by atoms with Gasteiger partial charge < -0.3 is 4.90 Å². The molecular weight excluding hydrogens is 288 g/mol. The zero-order valence-electron chi connectivity index (χ0n) is 11.0. The van der Waals surface area contributed by atoms with Crippen LogP contribution in [0, 0.1) is 6.92 Å². The lowest BCUT2D eigenvalue weighted by atomic mass is 10.3. The van der Waals surface area contributed by atoms with Crippen LogP contribution >= 0.6 is 11.6 Å². The Labute approximate surface area is 118 Å². The molecule has 1 aromatic heterocycles. The van der Waals surface area contributed by atoms with Crippen LogP contribution in [0.2, 0.25) is 0 Å². The molecule has 0 N–H and O–H groups in total. The number of nitrogens with zero attached hydrogens (tertiary/aromatic N) is 4. The van der Waals surface area contributed by atoms with Gasteiger partial charge in [0.1, 0.15) is 0 Å². The first-order chi connectivity index (χ1) is 8.90. The van der Waals surface area contributed by atoms with Gasteiger partial charge in [0.25, 0.3) is 0 Å². The van der Waals surface area contributed by atoms with Gasteiger partial charge in [0.05, 0.1) is 17.8 Å². The summed E-state index contributed by atoms with van der Waals surface area (Å²) in [6.07, 6.45) is 1.23. The van der Waals surface area contributed by atoms with Crippen molar-refractivity contribution in [2.75, 3.05) is 37.3 Å². The lowest BCUT2D eigenvalue weighted by Gasteiger charge is -2.33. The standard InChI is InChI=1S/C11H17ClN4O2S/c1-9-7-10(8-12)14-11(13-9)15-3-5-16(6-4-15)19(2,17)18/h7H,3-6,8H2,1-2H3. The Morgan fingerprint density at radius 1 is 1.26 bits per heavy atom. The lowest BCUT2D eigenvalue weighted by molar-refractivity contribution is 0.385. The minimum absolute atomic E-state index is 0.347. The minimum Gasteiger partial charge on any atom is -0.338 e. The molecule has 0 spiro atoms. The quantitative estimate of drug-likeness (QED) is 0.765.